The van der Waals surface area contributed by atoms with Gasteiger partial charge in [-0.2, -0.15) is 0 Å². The highest BCUT2D eigenvalue weighted by Crippen LogP contribution is 2.30. The summed E-state index contributed by atoms with van der Waals surface area (Å²) >= 11 is 1.48. The zero-order valence-corrected chi connectivity index (χ0v) is 11.6. The molecule has 0 amide bonds. The third-order valence-electron chi connectivity index (χ3n) is 3.13. The van der Waals surface area contributed by atoms with Crippen LogP contribution in [0.3, 0.4) is 0 Å². The molecule has 5 heteroatoms. The van der Waals surface area contributed by atoms with Crippen LogP contribution in [-0.2, 0) is 4.79 Å². The number of aliphatic imine (C=N–C) groups is 2. The van der Waals surface area contributed by atoms with E-state index in [2.05, 4.69) is 21.5 Å². The normalized spacial score (nSPS) is 19.8. The van der Waals surface area contributed by atoms with Crippen molar-refractivity contribution in [3.63, 3.8) is 0 Å². The maximum atomic E-state index is 11.6. The molecule has 1 saturated heterocycles. The molecule has 2 rings (SSSR count). The van der Waals surface area contributed by atoms with Gasteiger partial charge in [-0.15, -0.1) is 0 Å². The lowest BCUT2D eigenvalue weighted by Gasteiger charge is -2.28. The minimum atomic E-state index is 0.131. The first-order valence-corrected chi connectivity index (χ1v) is 6.86. The summed E-state index contributed by atoms with van der Waals surface area (Å²) in [7, 11) is 1.76. The molecule has 0 unspecified atom stereocenters. The molecule has 0 saturated carbocycles. The Balaban J connectivity index is 2.33. The highest BCUT2D eigenvalue weighted by Gasteiger charge is 2.31. The van der Waals surface area contributed by atoms with Gasteiger partial charge in [0.1, 0.15) is 5.04 Å². The zero-order valence-electron chi connectivity index (χ0n) is 10.8. The molecule has 1 fully saturated rings. The van der Waals surface area contributed by atoms with Crippen LogP contribution in [0.15, 0.2) is 33.2 Å². The molecule has 0 aromatic carbocycles. The van der Waals surface area contributed by atoms with E-state index in [1.807, 2.05) is 0 Å². The van der Waals surface area contributed by atoms with E-state index in [1.54, 1.807) is 19.4 Å². The van der Waals surface area contributed by atoms with Crippen molar-refractivity contribution in [1.82, 2.24) is 4.90 Å². The van der Waals surface area contributed by atoms with Crippen LogP contribution in [0.25, 0.3) is 0 Å². The lowest BCUT2D eigenvalue weighted by molar-refractivity contribution is -0.113. The van der Waals surface area contributed by atoms with Crippen molar-refractivity contribution in [2.24, 2.45) is 9.98 Å². The van der Waals surface area contributed by atoms with Crippen molar-refractivity contribution in [2.45, 2.75) is 19.8 Å². The standard InChI is InChI=1S/C13H17N3OS/c1-4-18-13(14-3)12-15-8-10(9(2)17)11-6-5-7-16(11)12/h4H,1,5-8H2,2-3H3. The van der Waals surface area contributed by atoms with E-state index in [-0.39, 0.29) is 5.78 Å². The van der Waals surface area contributed by atoms with E-state index in [1.165, 1.54) is 11.8 Å². The first-order chi connectivity index (χ1) is 8.69. The second-order valence-electron chi connectivity index (χ2n) is 4.19. The number of hydrogen-bond acceptors (Lipinski definition) is 5. The summed E-state index contributed by atoms with van der Waals surface area (Å²) in [6.45, 7) is 6.73. The number of amidine groups is 1. The van der Waals surface area contributed by atoms with Crippen LogP contribution in [0.4, 0.5) is 0 Å². The number of carbonyl (C=O) groups is 1. The number of ketones is 1. The molecule has 18 heavy (non-hydrogen) atoms. The summed E-state index contributed by atoms with van der Waals surface area (Å²) < 4.78 is 0. The number of carbonyl (C=O) groups excluding carboxylic acids is 1. The molecular weight excluding hydrogens is 246 g/mol. The fourth-order valence-corrected chi connectivity index (χ4v) is 2.88. The molecule has 0 atom stereocenters. The molecule has 2 aliphatic rings. The maximum Gasteiger partial charge on any atom is 0.161 e. The Bertz CT molecular complexity index is 477. The predicted molar refractivity (Wildman–Crippen MR) is 77.1 cm³/mol. The Morgan fingerprint density at radius 1 is 1.61 bits per heavy atom. The van der Waals surface area contributed by atoms with Gasteiger partial charge in [0.15, 0.2) is 11.6 Å². The van der Waals surface area contributed by atoms with Crippen molar-refractivity contribution in [1.29, 1.82) is 0 Å². The van der Waals surface area contributed by atoms with Gasteiger partial charge in [0, 0.05) is 24.9 Å². The Hall–Kier alpha value is -1.36. The van der Waals surface area contributed by atoms with Gasteiger partial charge in [-0.25, -0.2) is 0 Å². The number of thioether (sulfide) groups is 1. The molecule has 0 aliphatic carbocycles. The van der Waals surface area contributed by atoms with Gasteiger partial charge in [-0.05, 0) is 25.2 Å². The van der Waals surface area contributed by atoms with Gasteiger partial charge >= 0.3 is 0 Å². The number of allylic oxidation sites excluding steroid dienone is 1. The Morgan fingerprint density at radius 2 is 2.39 bits per heavy atom. The average molecular weight is 263 g/mol. The minimum absolute atomic E-state index is 0.131. The smallest absolute Gasteiger partial charge is 0.161 e. The second-order valence-corrected chi connectivity index (χ2v) is 5.15. The number of fused-ring (bicyclic) bond motifs is 1. The molecule has 0 radical (unpaired) electrons. The van der Waals surface area contributed by atoms with Crippen molar-refractivity contribution in [2.75, 3.05) is 20.1 Å². The van der Waals surface area contributed by atoms with Crippen LogP contribution in [0.1, 0.15) is 19.8 Å². The Labute approximate surface area is 112 Å². The number of hydrogen-bond donors (Lipinski definition) is 0. The lowest BCUT2D eigenvalue weighted by atomic mass is 10.1. The van der Waals surface area contributed by atoms with Crippen LogP contribution in [-0.4, -0.2) is 41.7 Å². The van der Waals surface area contributed by atoms with Gasteiger partial charge in [0.2, 0.25) is 0 Å². The molecule has 0 N–H and O–H groups in total. The quantitative estimate of drug-likeness (QED) is 0.579. The summed E-state index contributed by atoms with van der Waals surface area (Å²) in [5.41, 5.74) is 1.99. The highest BCUT2D eigenvalue weighted by atomic mass is 32.2. The summed E-state index contributed by atoms with van der Waals surface area (Å²) in [5, 5.41) is 2.62. The van der Waals surface area contributed by atoms with E-state index >= 15 is 0 Å². The van der Waals surface area contributed by atoms with Crippen LogP contribution in [0.5, 0.6) is 0 Å². The number of rotatable bonds is 3. The average Bonchev–Trinajstić information content (AvgIpc) is 2.83. The van der Waals surface area contributed by atoms with Crippen molar-refractivity contribution >= 4 is 28.4 Å². The van der Waals surface area contributed by atoms with Crippen LogP contribution in [0, 0.1) is 0 Å². The fourth-order valence-electron chi connectivity index (χ4n) is 2.33. The number of nitrogens with zero attached hydrogens (tertiary/aromatic N) is 3. The predicted octanol–water partition coefficient (Wildman–Crippen LogP) is 2.24. The van der Waals surface area contributed by atoms with Gasteiger partial charge in [0.05, 0.1) is 6.54 Å². The fraction of sp³-hybridized carbons (Fsp3) is 0.462. The first kappa shape index (κ1) is 13.1. The van der Waals surface area contributed by atoms with Crippen molar-refractivity contribution < 1.29 is 4.79 Å². The van der Waals surface area contributed by atoms with Gasteiger partial charge in [0.25, 0.3) is 0 Å². The van der Waals surface area contributed by atoms with E-state index < -0.39 is 0 Å². The third-order valence-corrected chi connectivity index (χ3v) is 3.88. The van der Waals surface area contributed by atoms with Crippen LogP contribution in [0.2, 0.25) is 0 Å². The highest BCUT2D eigenvalue weighted by molar-refractivity contribution is 8.18. The minimum Gasteiger partial charge on any atom is -0.328 e. The zero-order chi connectivity index (χ0) is 13.1. The topological polar surface area (TPSA) is 45.0 Å². The Morgan fingerprint density at radius 3 is 3.00 bits per heavy atom. The summed E-state index contributed by atoms with van der Waals surface area (Å²) in [5.74, 6) is 1.02. The molecule has 0 spiro atoms. The Kier molecular flexibility index (Phi) is 4.01. The van der Waals surface area contributed by atoms with Gasteiger partial charge in [-0.1, -0.05) is 18.3 Å². The molecule has 96 valence electrons. The van der Waals surface area contributed by atoms with E-state index in [0.29, 0.717) is 6.54 Å². The molecule has 4 nitrogen and oxygen atoms in total. The molecule has 0 aromatic heterocycles. The SMILES string of the molecule is C=CSC(=NC)C1=NCC(C(C)=O)=C2CCCN12. The monoisotopic (exact) mass is 263 g/mol. The van der Waals surface area contributed by atoms with Crippen molar-refractivity contribution in [3.8, 4) is 0 Å². The van der Waals surface area contributed by atoms with Crippen LogP contribution >= 0.6 is 11.8 Å². The molecule has 0 bridgehead atoms. The second kappa shape index (κ2) is 5.52. The largest absolute Gasteiger partial charge is 0.328 e. The summed E-state index contributed by atoms with van der Waals surface area (Å²) in [6, 6.07) is 0. The lowest BCUT2D eigenvalue weighted by Crippen LogP contribution is -2.36. The first-order valence-electron chi connectivity index (χ1n) is 5.98. The van der Waals surface area contributed by atoms with Crippen molar-refractivity contribution in [3.05, 3.63) is 23.3 Å². The molecule has 2 heterocycles. The van der Waals surface area contributed by atoms with E-state index in [9.17, 15) is 4.79 Å². The van der Waals surface area contributed by atoms with Gasteiger partial charge < -0.3 is 4.90 Å². The van der Waals surface area contributed by atoms with E-state index in [0.717, 1.165) is 41.5 Å². The van der Waals surface area contributed by atoms with Crippen LogP contribution < -0.4 is 0 Å². The molecular formula is C13H17N3OS. The summed E-state index contributed by atoms with van der Waals surface area (Å²) in [4.78, 5) is 22.5. The number of Topliss-reactive ketones (excluding diaryl/α,β-unsaturated/α-hetero) is 1. The maximum absolute atomic E-state index is 11.6. The van der Waals surface area contributed by atoms with Gasteiger partial charge in [-0.3, -0.25) is 14.8 Å². The summed E-state index contributed by atoms with van der Waals surface area (Å²) in [6.07, 6.45) is 2.03. The third kappa shape index (κ3) is 2.27. The molecule has 0 aromatic rings. The molecule has 2 aliphatic heterocycles. The van der Waals surface area contributed by atoms with E-state index in [4.69, 9.17) is 0 Å².